The van der Waals surface area contributed by atoms with E-state index in [9.17, 15) is 19.2 Å². The summed E-state index contributed by atoms with van der Waals surface area (Å²) in [6.45, 7) is 1.87. The molecule has 2 aliphatic rings. The number of anilines is 2. The number of carbonyl (C=O) groups excluding carboxylic acids is 4. The maximum absolute atomic E-state index is 11.9. The molecule has 9 heteroatoms. The van der Waals surface area contributed by atoms with E-state index in [0.29, 0.717) is 5.69 Å². The number of nitrogens with zero attached hydrogens (tertiary/aromatic N) is 2. The number of carbonyl (C=O) groups is 4. The standard InChI is InChI=1S/C19H24N4O5/c24-16(21-14-5-7-15(8-6-14)22-9-1-2-10-22)13-28-18(26)4-3-11-23-17(25)12-20-19(23)27/h5-8H,1-4,9-13H2,(H,20,27)(H,21,24). The minimum atomic E-state index is -0.549. The Morgan fingerprint density at radius 2 is 1.82 bits per heavy atom. The van der Waals surface area contributed by atoms with Gasteiger partial charge in [0.1, 0.15) is 0 Å². The van der Waals surface area contributed by atoms with Crippen molar-refractivity contribution >= 4 is 35.2 Å². The molecule has 3 rings (SSSR count). The molecule has 0 spiro atoms. The molecule has 0 atom stereocenters. The summed E-state index contributed by atoms with van der Waals surface area (Å²) >= 11 is 0. The summed E-state index contributed by atoms with van der Waals surface area (Å²) < 4.78 is 4.94. The number of hydrogen-bond donors (Lipinski definition) is 2. The summed E-state index contributed by atoms with van der Waals surface area (Å²) in [5, 5.41) is 5.09. The number of rotatable bonds is 8. The Morgan fingerprint density at radius 1 is 1.11 bits per heavy atom. The summed E-state index contributed by atoms with van der Waals surface area (Å²) in [7, 11) is 0. The largest absolute Gasteiger partial charge is 0.456 e. The molecule has 0 aromatic heterocycles. The second-order valence-electron chi connectivity index (χ2n) is 6.76. The quantitative estimate of drug-likeness (QED) is 0.510. The van der Waals surface area contributed by atoms with E-state index in [4.69, 9.17) is 4.74 Å². The summed E-state index contributed by atoms with van der Waals surface area (Å²) in [5.41, 5.74) is 1.77. The van der Waals surface area contributed by atoms with Crippen molar-refractivity contribution in [2.24, 2.45) is 0 Å². The molecule has 0 bridgehead atoms. The minimum absolute atomic E-state index is 0.0114. The first-order chi connectivity index (χ1) is 13.5. The van der Waals surface area contributed by atoms with Crippen LogP contribution in [-0.2, 0) is 19.1 Å². The molecule has 0 unspecified atom stereocenters. The van der Waals surface area contributed by atoms with Crippen molar-refractivity contribution in [2.45, 2.75) is 25.7 Å². The molecule has 1 aromatic carbocycles. The summed E-state index contributed by atoms with van der Waals surface area (Å²) in [6, 6.07) is 7.12. The number of benzene rings is 1. The normalized spacial score (nSPS) is 16.3. The Labute approximate surface area is 163 Å². The molecule has 9 nitrogen and oxygen atoms in total. The molecule has 2 aliphatic heterocycles. The number of urea groups is 1. The fourth-order valence-electron chi connectivity index (χ4n) is 3.21. The van der Waals surface area contributed by atoms with Crippen molar-refractivity contribution in [3.05, 3.63) is 24.3 Å². The number of hydrogen-bond acceptors (Lipinski definition) is 6. The van der Waals surface area contributed by atoms with E-state index >= 15 is 0 Å². The molecular formula is C19H24N4O5. The topological polar surface area (TPSA) is 108 Å². The van der Waals surface area contributed by atoms with Crippen LogP contribution in [0.15, 0.2) is 24.3 Å². The van der Waals surface area contributed by atoms with E-state index in [1.165, 1.54) is 12.8 Å². The lowest BCUT2D eigenvalue weighted by Gasteiger charge is -2.17. The molecule has 2 N–H and O–H groups in total. The van der Waals surface area contributed by atoms with Gasteiger partial charge < -0.3 is 20.3 Å². The Balaban J connectivity index is 1.34. The average molecular weight is 388 g/mol. The Hall–Kier alpha value is -3.10. The van der Waals surface area contributed by atoms with Gasteiger partial charge in [0.2, 0.25) is 5.91 Å². The first kappa shape index (κ1) is 19.7. The third kappa shape index (κ3) is 5.21. The number of ether oxygens (including phenoxy) is 1. The SMILES string of the molecule is O=C(COC(=O)CCCN1C(=O)CNC1=O)Nc1ccc(N2CCCC2)cc1. The highest BCUT2D eigenvalue weighted by Crippen LogP contribution is 2.21. The van der Waals surface area contributed by atoms with Crippen molar-refractivity contribution in [3.8, 4) is 0 Å². The van der Waals surface area contributed by atoms with Crippen molar-refractivity contribution in [1.82, 2.24) is 10.2 Å². The van der Waals surface area contributed by atoms with Gasteiger partial charge in [-0.15, -0.1) is 0 Å². The number of imide groups is 1. The van der Waals surface area contributed by atoms with Gasteiger partial charge in [0.25, 0.3) is 5.91 Å². The smallest absolute Gasteiger partial charge is 0.324 e. The highest BCUT2D eigenvalue weighted by molar-refractivity contribution is 6.01. The lowest BCUT2D eigenvalue weighted by atomic mass is 10.2. The maximum atomic E-state index is 11.9. The predicted octanol–water partition coefficient (Wildman–Crippen LogP) is 1.10. The fourth-order valence-corrected chi connectivity index (χ4v) is 3.21. The maximum Gasteiger partial charge on any atom is 0.324 e. The van der Waals surface area contributed by atoms with Crippen LogP contribution in [0.1, 0.15) is 25.7 Å². The van der Waals surface area contributed by atoms with Crippen molar-refractivity contribution < 1.29 is 23.9 Å². The van der Waals surface area contributed by atoms with Crippen LogP contribution >= 0.6 is 0 Å². The van der Waals surface area contributed by atoms with Crippen LogP contribution in [0, 0.1) is 0 Å². The van der Waals surface area contributed by atoms with Gasteiger partial charge in [-0.25, -0.2) is 4.79 Å². The molecule has 0 radical (unpaired) electrons. The zero-order valence-corrected chi connectivity index (χ0v) is 15.6. The van der Waals surface area contributed by atoms with Crippen molar-refractivity contribution in [1.29, 1.82) is 0 Å². The van der Waals surface area contributed by atoms with Crippen LogP contribution in [0.3, 0.4) is 0 Å². The fraction of sp³-hybridized carbons (Fsp3) is 0.474. The zero-order valence-electron chi connectivity index (χ0n) is 15.6. The monoisotopic (exact) mass is 388 g/mol. The summed E-state index contributed by atoms with van der Waals surface area (Å²) in [5.74, 6) is -1.28. The van der Waals surface area contributed by atoms with Crippen LogP contribution < -0.4 is 15.5 Å². The third-order valence-corrected chi connectivity index (χ3v) is 4.69. The molecule has 2 saturated heterocycles. The lowest BCUT2D eigenvalue weighted by Crippen LogP contribution is -2.32. The zero-order chi connectivity index (χ0) is 19.9. The minimum Gasteiger partial charge on any atom is -0.456 e. The highest BCUT2D eigenvalue weighted by atomic mass is 16.5. The van der Waals surface area contributed by atoms with Gasteiger partial charge >= 0.3 is 12.0 Å². The molecular weight excluding hydrogens is 364 g/mol. The highest BCUT2D eigenvalue weighted by Gasteiger charge is 2.27. The molecule has 28 heavy (non-hydrogen) atoms. The van der Waals surface area contributed by atoms with Crippen LogP contribution in [-0.4, -0.2) is 61.5 Å². The van der Waals surface area contributed by atoms with Gasteiger partial charge in [-0.05, 0) is 43.5 Å². The number of nitrogens with one attached hydrogen (secondary N) is 2. The van der Waals surface area contributed by atoms with E-state index in [0.717, 1.165) is 23.7 Å². The van der Waals surface area contributed by atoms with Crippen LogP contribution in [0.4, 0.5) is 16.2 Å². The van der Waals surface area contributed by atoms with Gasteiger partial charge in [-0.2, -0.15) is 0 Å². The van der Waals surface area contributed by atoms with Gasteiger partial charge in [-0.1, -0.05) is 0 Å². The Morgan fingerprint density at radius 3 is 2.46 bits per heavy atom. The van der Waals surface area contributed by atoms with Crippen molar-refractivity contribution in [2.75, 3.05) is 43.0 Å². The van der Waals surface area contributed by atoms with Gasteiger partial charge in [0, 0.05) is 37.4 Å². The summed E-state index contributed by atoms with van der Waals surface area (Å²) in [6.07, 6.45) is 2.71. The van der Waals surface area contributed by atoms with Gasteiger partial charge in [0.15, 0.2) is 6.61 Å². The molecule has 0 saturated carbocycles. The van der Waals surface area contributed by atoms with E-state index < -0.39 is 17.9 Å². The molecule has 1 aromatic rings. The van der Waals surface area contributed by atoms with E-state index in [1.54, 1.807) is 0 Å². The molecule has 150 valence electrons. The van der Waals surface area contributed by atoms with Crippen LogP contribution in [0.25, 0.3) is 0 Å². The van der Waals surface area contributed by atoms with E-state index in [2.05, 4.69) is 15.5 Å². The number of amides is 4. The van der Waals surface area contributed by atoms with Crippen LogP contribution in [0.2, 0.25) is 0 Å². The molecule has 4 amide bonds. The first-order valence-corrected chi connectivity index (χ1v) is 9.41. The summed E-state index contributed by atoms with van der Waals surface area (Å²) in [4.78, 5) is 49.8. The van der Waals surface area contributed by atoms with E-state index in [1.807, 2.05) is 24.3 Å². The van der Waals surface area contributed by atoms with Gasteiger partial charge in [0.05, 0.1) is 6.54 Å². The molecule has 2 fully saturated rings. The predicted molar refractivity (Wildman–Crippen MR) is 102 cm³/mol. The Kier molecular flexibility index (Phi) is 6.46. The molecule has 0 aliphatic carbocycles. The molecule has 2 heterocycles. The lowest BCUT2D eigenvalue weighted by molar-refractivity contribution is -0.147. The average Bonchev–Trinajstić information content (AvgIpc) is 3.33. The second-order valence-corrected chi connectivity index (χ2v) is 6.76. The third-order valence-electron chi connectivity index (χ3n) is 4.69. The Bertz CT molecular complexity index is 727. The van der Waals surface area contributed by atoms with Gasteiger partial charge in [-0.3, -0.25) is 19.3 Å². The van der Waals surface area contributed by atoms with E-state index in [-0.39, 0.29) is 38.4 Å². The number of esters is 1. The van der Waals surface area contributed by atoms with Crippen LogP contribution in [0.5, 0.6) is 0 Å². The first-order valence-electron chi connectivity index (χ1n) is 9.41. The van der Waals surface area contributed by atoms with Crippen molar-refractivity contribution in [3.63, 3.8) is 0 Å². The second kappa shape index (κ2) is 9.20.